The second-order valence-electron chi connectivity index (χ2n) is 3.81. The number of hydrogen-bond acceptors (Lipinski definition) is 7. The monoisotopic (exact) mass is 317 g/mol. The summed E-state index contributed by atoms with van der Waals surface area (Å²) in [6.07, 6.45) is 0. The Morgan fingerprint density at radius 1 is 1.25 bits per heavy atom. The van der Waals surface area contributed by atoms with Crippen molar-refractivity contribution in [2.24, 2.45) is 0 Å². The van der Waals surface area contributed by atoms with Gasteiger partial charge >= 0.3 is 0 Å². The van der Waals surface area contributed by atoms with Crippen LogP contribution in [0.5, 0.6) is 0 Å². The maximum Gasteiger partial charge on any atom is 0.294 e. The molecule has 2 aromatic rings. The van der Waals surface area contributed by atoms with Gasteiger partial charge in [-0.05, 0) is 35.0 Å². The lowest BCUT2D eigenvalue weighted by atomic mass is 10.1. The van der Waals surface area contributed by atoms with E-state index in [0.29, 0.717) is 27.7 Å². The van der Waals surface area contributed by atoms with Crippen molar-refractivity contribution in [1.29, 1.82) is 0 Å². The van der Waals surface area contributed by atoms with Crippen LogP contribution in [0.3, 0.4) is 0 Å². The number of hydrogen-bond donors (Lipinski definition) is 3. The molecule has 0 fully saturated rings. The molecule has 0 unspecified atom stereocenters. The summed E-state index contributed by atoms with van der Waals surface area (Å²) in [6.45, 7) is 0. The predicted octanol–water partition coefficient (Wildman–Crippen LogP) is 2.56. The van der Waals surface area contributed by atoms with E-state index in [0.717, 1.165) is 5.69 Å². The van der Waals surface area contributed by atoms with Crippen LogP contribution >= 0.6 is 12.0 Å². The lowest BCUT2D eigenvalue weighted by Gasteiger charge is -2.09. The van der Waals surface area contributed by atoms with Gasteiger partial charge in [0.1, 0.15) is 0 Å². The fourth-order valence-electron chi connectivity index (χ4n) is 1.73. The summed E-state index contributed by atoms with van der Waals surface area (Å²) in [5, 5.41) is 15.9. The first-order valence-electron chi connectivity index (χ1n) is 5.33. The second-order valence-corrected chi connectivity index (χ2v) is 5.97. The number of anilines is 1. The fraction of sp³-hybridized carbons (Fsp3) is 0.0909. The van der Waals surface area contributed by atoms with Crippen molar-refractivity contribution in [1.82, 2.24) is 0 Å². The van der Waals surface area contributed by atoms with E-state index in [1.165, 1.54) is 12.1 Å². The lowest BCUT2D eigenvalue weighted by Crippen LogP contribution is -1.99. The number of rotatable bonds is 5. The number of benzene rings is 2. The van der Waals surface area contributed by atoms with Crippen molar-refractivity contribution in [2.45, 2.75) is 9.79 Å². The van der Waals surface area contributed by atoms with E-state index in [2.05, 4.69) is 14.7 Å². The Bertz CT molecular complexity index is 731. The SMILES string of the molecule is CNc1ccc2c(SOOO)cc(S(=O)(=O)O)cc2c1. The molecule has 2 aromatic carbocycles. The zero-order chi connectivity index (χ0) is 14.8. The van der Waals surface area contributed by atoms with E-state index in [4.69, 9.17) is 9.81 Å². The Morgan fingerprint density at radius 3 is 2.60 bits per heavy atom. The minimum atomic E-state index is -4.35. The normalized spacial score (nSPS) is 11.8. The van der Waals surface area contributed by atoms with Gasteiger partial charge in [-0.25, -0.2) is 5.26 Å². The molecule has 0 aromatic heterocycles. The highest BCUT2D eigenvalue weighted by Crippen LogP contribution is 2.33. The van der Waals surface area contributed by atoms with Crippen molar-refractivity contribution in [3.05, 3.63) is 30.3 Å². The first-order valence-corrected chi connectivity index (χ1v) is 7.51. The number of fused-ring (bicyclic) bond motifs is 1. The summed E-state index contributed by atoms with van der Waals surface area (Å²) < 4.78 is 36.0. The summed E-state index contributed by atoms with van der Waals surface area (Å²) in [5.41, 5.74) is 0.778. The van der Waals surface area contributed by atoms with Crippen LogP contribution in [0.1, 0.15) is 0 Å². The van der Waals surface area contributed by atoms with Crippen molar-refractivity contribution in [2.75, 3.05) is 12.4 Å². The Hall–Kier alpha value is -1.36. The molecule has 0 aliphatic carbocycles. The Labute approximate surface area is 119 Å². The molecule has 0 spiro atoms. The molecule has 0 heterocycles. The van der Waals surface area contributed by atoms with Crippen molar-refractivity contribution < 1.29 is 27.6 Å². The molecule has 0 amide bonds. The van der Waals surface area contributed by atoms with Crippen LogP contribution in [0.4, 0.5) is 5.69 Å². The molecule has 7 nitrogen and oxygen atoms in total. The van der Waals surface area contributed by atoms with E-state index in [-0.39, 0.29) is 4.90 Å². The van der Waals surface area contributed by atoms with E-state index >= 15 is 0 Å². The molecule has 9 heteroatoms. The van der Waals surface area contributed by atoms with Crippen LogP contribution in [0.25, 0.3) is 10.8 Å². The van der Waals surface area contributed by atoms with Crippen LogP contribution in [0, 0.1) is 0 Å². The molecule has 0 bridgehead atoms. The van der Waals surface area contributed by atoms with Crippen LogP contribution in [-0.2, 0) is 19.5 Å². The van der Waals surface area contributed by atoms with Crippen LogP contribution in [0.2, 0.25) is 0 Å². The molecule has 3 N–H and O–H groups in total. The Kier molecular flexibility index (Phi) is 4.48. The minimum Gasteiger partial charge on any atom is -0.388 e. The average molecular weight is 317 g/mol. The van der Waals surface area contributed by atoms with Gasteiger partial charge in [0.05, 0.1) is 16.9 Å². The van der Waals surface area contributed by atoms with Crippen LogP contribution < -0.4 is 5.32 Å². The quantitative estimate of drug-likeness (QED) is 0.334. The summed E-state index contributed by atoms with van der Waals surface area (Å²) in [5.74, 6) is 0. The topological polar surface area (TPSA) is 105 Å². The molecule has 0 radical (unpaired) electrons. The third kappa shape index (κ3) is 3.20. The molecular weight excluding hydrogens is 306 g/mol. The van der Waals surface area contributed by atoms with Gasteiger partial charge in [-0.15, -0.1) is 4.33 Å². The minimum absolute atomic E-state index is 0.276. The number of nitrogens with one attached hydrogen (secondary N) is 1. The first kappa shape index (κ1) is 15.0. The molecule has 20 heavy (non-hydrogen) atoms. The third-order valence-corrected chi connectivity index (χ3v) is 4.11. The lowest BCUT2D eigenvalue weighted by molar-refractivity contribution is -0.432. The standard InChI is InChI=1S/C11H11NO6S2/c1-12-8-2-3-10-7(4-8)5-9(20(14,15)16)6-11(10)19-18-17-13/h2-6,12-13H,1H3,(H,14,15,16). The molecule has 0 atom stereocenters. The molecule has 0 aliphatic heterocycles. The van der Waals surface area contributed by atoms with Crippen LogP contribution in [-0.4, -0.2) is 25.3 Å². The summed E-state index contributed by atoms with van der Waals surface area (Å²) in [7, 11) is -2.63. The highest BCUT2D eigenvalue weighted by Gasteiger charge is 2.15. The Balaban J connectivity index is 2.67. The molecule has 0 aliphatic rings. The second kappa shape index (κ2) is 5.95. The molecular formula is C11H11NO6S2. The van der Waals surface area contributed by atoms with Gasteiger partial charge in [0.15, 0.2) is 0 Å². The third-order valence-electron chi connectivity index (χ3n) is 2.63. The average Bonchev–Trinajstić information content (AvgIpc) is 2.42. The van der Waals surface area contributed by atoms with E-state index < -0.39 is 10.1 Å². The zero-order valence-corrected chi connectivity index (χ0v) is 11.9. The van der Waals surface area contributed by atoms with E-state index in [1.807, 2.05) is 0 Å². The van der Waals surface area contributed by atoms with Gasteiger partial charge in [0.25, 0.3) is 10.1 Å². The summed E-state index contributed by atoms with van der Waals surface area (Å²) >= 11 is 0.625. The fourth-order valence-corrected chi connectivity index (χ4v) is 2.91. The van der Waals surface area contributed by atoms with Gasteiger partial charge in [-0.1, -0.05) is 11.1 Å². The predicted molar refractivity (Wildman–Crippen MR) is 74.0 cm³/mol. The largest absolute Gasteiger partial charge is 0.388 e. The zero-order valence-electron chi connectivity index (χ0n) is 10.2. The molecule has 0 saturated heterocycles. The summed E-state index contributed by atoms with van der Waals surface area (Å²) in [4.78, 5) is 0.0918. The first-order chi connectivity index (χ1) is 9.45. The van der Waals surface area contributed by atoms with Gasteiger partial charge < -0.3 is 5.32 Å². The van der Waals surface area contributed by atoms with E-state index in [9.17, 15) is 8.42 Å². The highest BCUT2D eigenvalue weighted by molar-refractivity contribution is 7.94. The maximum absolute atomic E-state index is 11.3. The van der Waals surface area contributed by atoms with Crippen molar-refractivity contribution in [3.63, 3.8) is 0 Å². The van der Waals surface area contributed by atoms with Crippen molar-refractivity contribution in [3.8, 4) is 0 Å². The van der Waals surface area contributed by atoms with E-state index in [1.54, 1.807) is 25.2 Å². The molecule has 108 valence electrons. The Morgan fingerprint density at radius 2 is 2.00 bits per heavy atom. The van der Waals surface area contributed by atoms with Gasteiger partial charge in [0, 0.05) is 17.6 Å². The van der Waals surface area contributed by atoms with Crippen molar-refractivity contribution >= 4 is 38.6 Å². The van der Waals surface area contributed by atoms with Gasteiger partial charge in [-0.2, -0.15) is 8.42 Å². The maximum atomic E-state index is 11.3. The highest BCUT2D eigenvalue weighted by atomic mass is 32.2. The smallest absolute Gasteiger partial charge is 0.294 e. The van der Waals surface area contributed by atoms with Gasteiger partial charge in [0.2, 0.25) is 0 Å². The van der Waals surface area contributed by atoms with Crippen LogP contribution in [0.15, 0.2) is 40.1 Å². The molecule has 2 rings (SSSR count). The van der Waals surface area contributed by atoms with Gasteiger partial charge in [-0.3, -0.25) is 4.55 Å². The molecule has 0 saturated carbocycles. The summed E-state index contributed by atoms with van der Waals surface area (Å²) in [6, 6.07) is 7.82.